The van der Waals surface area contributed by atoms with Crippen molar-refractivity contribution in [2.75, 3.05) is 20.1 Å². The molecule has 3 unspecified atom stereocenters. The molecule has 1 aromatic heterocycles. The normalized spacial score (nSPS) is 31.7. The van der Waals surface area contributed by atoms with Gasteiger partial charge in [-0.05, 0) is 51.1 Å². The summed E-state index contributed by atoms with van der Waals surface area (Å²) < 4.78 is 0. The van der Waals surface area contributed by atoms with E-state index in [1.54, 1.807) is 0 Å². The Labute approximate surface area is 131 Å². The van der Waals surface area contributed by atoms with E-state index in [4.69, 9.17) is 0 Å². The van der Waals surface area contributed by atoms with Crippen molar-refractivity contribution in [1.82, 2.24) is 25.3 Å². The summed E-state index contributed by atoms with van der Waals surface area (Å²) in [6.07, 6.45) is 8.69. The zero-order valence-corrected chi connectivity index (χ0v) is 13.2. The number of rotatable bonds is 1. The number of aromatic nitrogens is 2. The lowest BCUT2D eigenvalue weighted by Crippen LogP contribution is -2.46. The van der Waals surface area contributed by atoms with Crippen LogP contribution in [0.25, 0.3) is 0 Å². The van der Waals surface area contributed by atoms with Crippen LogP contribution in [0.5, 0.6) is 0 Å². The highest BCUT2D eigenvalue weighted by Crippen LogP contribution is 2.30. The Morgan fingerprint density at radius 2 is 2.18 bits per heavy atom. The molecule has 22 heavy (non-hydrogen) atoms. The average Bonchev–Trinajstić information content (AvgIpc) is 3.05. The Balaban J connectivity index is 1.43. The highest BCUT2D eigenvalue weighted by molar-refractivity contribution is 5.75. The van der Waals surface area contributed by atoms with Gasteiger partial charge in [-0.2, -0.15) is 5.10 Å². The maximum absolute atomic E-state index is 12.7. The number of amides is 2. The molecule has 6 nitrogen and oxygen atoms in total. The highest BCUT2D eigenvalue weighted by Gasteiger charge is 2.36. The SMILES string of the molecule is CN1C2CCC1CN(C(=O)NC1CCCc3cn[nH]c31)CC2. The van der Waals surface area contributed by atoms with E-state index in [9.17, 15) is 4.79 Å². The molecule has 3 aliphatic rings. The fraction of sp³-hybridized carbons (Fsp3) is 0.750. The summed E-state index contributed by atoms with van der Waals surface area (Å²) in [6, 6.07) is 1.38. The van der Waals surface area contributed by atoms with E-state index in [1.807, 2.05) is 11.1 Å². The molecule has 2 N–H and O–H groups in total. The van der Waals surface area contributed by atoms with Crippen LogP contribution < -0.4 is 5.32 Å². The van der Waals surface area contributed by atoms with Crippen LogP contribution >= 0.6 is 0 Å². The Morgan fingerprint density at radius 1 is 1.32 bits per heavy atom. The largest absolute Gasteiger partial charge is 0.330 e. The second-order valence-corrected chi connectivity index (χ2v) is 6.99. The number of nitrogens with zero attached hydrogens (tertiary/aromatic N) is 3. The first-order valence-electron chi connectivity index (χ1n) is 8.52. The van der Waals surface area contributed by atoms with Crippen LogP contribution in [0, 0.1) is 0 Å². The number of aryl methyl sites for hydroxylation is 1. The minimum Gasteiger partial charge on any atom is -0.330 e. The Kier molecular flexibility index (Phi) is 3.56. The standard InChI is InChI=1S/C16H25N5O/c1-20-12-5-6-13(20)10-21(8-7-12)16(22)18-14-4-2-3-11-9-17-19-15(11)14/h9,12-14H,2-8,10H2,1H3,(H,17,19)(H,18,22). The predicted molar refractivity (Wildman–Crippen MR) is 83.6 cm³/mol. The van der Waals surface area contributed by atoms with Crippen LogP contribution in [0.2, 0.25) is 0 Å². The number of nitrogens with one attached hydrogen (secondary N) is 2. The van der Waals surface area contributed by atoms with Crippen LogP contribution in [0.3, 0.4) is 0 Å². The van der Waals surface area contributed by atoms with E-state index in [-0.39, 0.29) is 12.1 Å². The smallest absolute Gasteiger partial charge is 0.317 e. The van der Waals surface area contributed by atoms with Gasteiger partial charge < -0.3 is 10.2 Å². The molecule has 1 aliphatic carbocycles. The van der Waals surface area contributed by atoms with Gasteiger partial charge in [-0.15, -0.1) is 0 Å². The summed E-state index contributed by atoms with van der Waals surface area (Å²) in [5.74, 6) is 0. The highest BCUT2D eigenvalue weighted by atomic mass is 16.2. The molecule has 2 aliphatic heterocycles. The lowest BCUT2D eigenvalue weighted by atomic mass is 9.94. The van der Waals surface area contributed by atoms with Crippen LogP contribution in [-0.2, 0) is 6.42 Å². The Hall–Kier alpha value is -1.56. The van der Waals surface area contributed by atoms with Gasteiger partial charge in [-0.1, -0.05) is 0 Å². The monoisotopic (exact) mass is 303 g/mol. The maximum atomic E-state index is 12.7. The number of carbonyl (C=O) groups is 1. The predicted octanol–water partition coefficient (Wildman–Crippen LogP) is 1.67. The summed E-state index contributed by atoms with van der Waals surface area (Å²) >= 11 is 0. The van der Waals surface area contributed by atoms with Crippen LogP contribution in [0.15, 0.2) is 6.20 Å². The number of likely N-dealkylation sites (N-methyl/N-ethyl adjacent to an activating group) is 1. The molecule has 6 heteroatoms. The van der Waals surface area contributed by atoms with Gasteiger partial charge in [0.05, 0.1) is 17.9 Å². The molecular weight excluding hydrogens is 278 g/mol. The van der Waals surface area contributed by atoms with E-state index >= 15 is 0 Å². The number of aromatic amines is 1. The van der Waals surface area contributed by atoms with E-state index in [0.717, 1.165) is 44.5 Å². The average molecular weight is 303 g/mol. The Morgan fingerprint density at radius 3 is 3.09 bits per heavy atom. The second kappa shape index (κ2) is 5.57. The number of likely N-dealkylation sites (tertiary alicyclic amines) is 1. The van der Waals surface area contributed by atoms with Crippen LogP contribution in [0.1, 0.15) is 49.4 Å². The fourth-order valence-electron chi connectivity index (χ4n) is 4.34. The van der Waals surface area contributed by atoms with E-state index < -0.39 is 0 Å². The zero-order valence-electron chi connectivity index (χ0n) is 13.2. The van der Waals surface area contributed by atoms with Gasteiger partial charge in [-0.3, -0.25) is 10.00 Å². The molecule has 0 radical (unpaired) electrons. The summed E-state index contributed by atoms with van der Waals surface area (Å²) in [6.45, 7) is 1.74. The summed E-state index contributed by atoms with van der Waals surface area (Å²) in [7, 11) is 2.21. The minimum absolute atomic E-state index is 0.0911. The molecule has 0 saturated carbocycles. The quantitative estimate of drug-likeness (QED) is 0.829. The first kappa shape index (κ1) is 14.1. The van der Waals surface area contributed by atoms with Gasteiger partial charge in [-0.25, -0.2) is 4.79 Å². The molecule has 2 saturated heterocycles. The van der Waals surface area contributed by atoms with Crippen molar-refractivity contribution in [2.45, 2.75) is 56.7 Å². The molecule has 0 aromatic carbocycles. The van der Waals surface area contributed by atoms with Crippen molar-refractivity contribution in [3.63, 3.8) is 0 Å². The molecule has 1 aromatic rings. The molecule has 2 amide bonds. The number of hydrogen-bond acceptors (Lipinski definition) is 3. The van der Waals surface area contributed by atoms with E-state index in [2.05, 4.69) is 27.5 Å². The molecule has 3 heterocycles. The number of urea groups is 1. The molecular formula is C16H25N5O. The van der Waals surface area contributed by atoms with E-state index in [1.165, 1.54) is 18.4 Å². The first-order valence-corrected chi connectivity index (χ1v) is 8.52. The van der Waals surface area contributed by atoms with Gasteiger partial charge in [0, 0.05) is 25.2 Å². The van der Waals surface area contributed by atoms with Crippen LogP contribution in [0.4, 0.5) is 4.79 Å². The number of H-pyrrole nitrogens is 1. The van der Waals surface area contributed by atoms with Gasteiger partial charge in [0.2, 0.25) is 0 Å². The fourth-order valence-corrected chi connectivity index (χ4v) is 4.34. The van der Waals surface area contributed by atoms with Crippen molar-refractivity contribution < 1.29 is 4.79 Å². The summed E-state index contributed by atoms with van der Waals surface area (Å²) in [4.78, 5) is 17.2. The number of hydrogen-bond donors (Lipinski definition) is 2. The van der Waals surface area contributed by atoms with Gasteiger partial charge in [0.25, 0.3) is 0 Å². The third-order valence-corrected chi connectivity index (χ3v) is 5.77. The molecule has 4 rings (SSSR count). The van der Waals surface area contributed by atoms with E-state index in [0.29, 0.717) is 12.1 Å². The maximum Gasteiger partial charge on any atom is 0.317 e. The molecule has 120 valence electrons. The molecule has 3 atom stereocenters. The summed E-state index contributed by atoms with van der Waals surface area (Å²) in [5, 5.41) is 10.4. The third-order valence-electron chi connectivity index (χ3n) is 5.77. The lowest BCUT2D eigenvalue weighted by molar-refractivity contribution is 0.183. The lowest BCUT2D eigenvalue weighted by Gasteiger charge is -2.29. The van der Waals surface area contributed by atoms with Gasteiger partial charge >= 0.3 is 6.03 Å². The minimum atomic E-state index is 0.0911. The molecule has 2 fully saturated rings. The zero-order chi connectivity index (χ0) is 15.1. The topological polar surface area (TPSA) is 64.3 Å². The van der Waals surface area contributed by atoms with Gasteiger partial charge in [0.15, 0.2) is 0 Å². The Bertz CT molecular complexity index is 556. The number of carbonyl (C=O) groups excluding carboxylic acids is 1. The summed E-state index contributed by atoms with van der Waals surface area (Å²) in [5.41, 5.74) is 2.36. The number of fused-ring (bicyclic) bond motifs is 3. The second-order valence-electron chi connectivity index (χ2n) is 6.99. The van der Waals surface area contributed by atoms with Crippen molar-refractivity contribution >= 4 is 6.03 Å². The third kappa shape index (κ3) is 2.39. The molecule has 2 bridgehead atoms. The van der Waals surface area contributed by atoms with Crippen molar-refractivity contribution in [1.29, 1.82) is 0 Å². The van der Waals surface area contributed by atoms with Crippen molar-refractivity contribution in [2.24, 2.45) is 0 Å². The van der Waals surface area contributed by atoms with Crippen LogP contribution in [-0.4, -0.2) is 58.2 Å². The molecule has 0 spiro atoms. The van der Waals surface area contributed by atoms with Gasteiger partial charge in [0.1, 0.15) is 0 Å². The first-order chi connectivity index (χ1) is 10.7. The van der Waals surface area contributed by atoms with Crippen molar-refractivity contribution in [3.05, 3.63) is 17.5 Å². The van der Waals surface area contributed by atoms with Crippen molar-refractivity contribution in [3.8, 4) is 0 Å².